The molecule has 1 N–H and O–H groups in total. The largest absolute Gasteiger partial charge is 0.507 e. The third-order valence-corrected chi connectivity index (χ3v) is 8.15. The number of hydrogen-bond donors (Lipinski definition) is 1. The molecule has 0 bridgehead atoms. The maximum atomic E-state index is 13.6. The Labute approximate surface area is 234 Å². The Morgan fingerprint density at radius 1 is 1.00 bits per heavy atom. The normalized spacial score (nSPS) is 19.6. The lowest BCUT2D eigenvalue weighted by molar-refractivity contribution is -0.132. The standard InChI is InChI=1S/C30H26N2O7S/c1-15-11-18-12-17(6-9-21(18)39-15)27(33)25-26(16-5-10-22(37-3)23(13-16)38-4)32(29(35)28(25)34)30-31-20-8-7-19(36-2)14-24(20)40-30/h5-10,12-15,26,33H,11H2,1-4H3/b27-25-. The molecule has 0 spiro atoms. The lowest BCUT2D eigenvalue weighted by Gasteiger charge is -2.23. The smallest absolute Gasteiger partial charge is 0.301 e. The molecule has 2 aliphatic heterocycles. The molecule has 2 unspecified atom stereocenters. The lowest BCUT2D eigenvalue weighted by Crippen LogP contribution is -2.29. The number of aliphatic hydroxyl groups excluding tert-OH is 1. The molecular weight excluding hydrogens is 532 g/mol. The van der Waals surface area contributed by atoms with Crippen molar-refractivity contribution in [2.24, 2.45) is 0 Å². The summed E-state index contributed by atoms with van der Waals surface area (Å²) in [4.78, 5) is 33.3. The van der Waals surface area contributed by atoms with Crippen LogP contribution in [0.15, 0.2) is 60.2 Å². The van der Waals surface area contributed by atoms with Crippen molar-refractivity contribution in [1.29, 1.82) is 0 Å². The van der Waals surface area contributed by atoms with Gasteiger partial charge in [0.15, 0.2) is 16.6 Å². The van der Waals surface area contributed by atoms with Crippen molar-refractivity contribution in [2.75, 3.05) is 26.2 Å². The molecule has 6 rings (SSSR count). The third kappa shape index (κ3) is 4.12. The molecule has 204 valence electrons. The number of methoxy groups -OCH3 is 3. The molecule has 0 saturated carbocycles. The van der Waals surface area contributed by atoms with Gasteiger partial charge < -0.3 is 24.1 Å². The fourth-order valence-corrected chi connectivity index (χ4v) is 6.24. The topological polar surface area (TPSA) is 107 Å². The molecule has 4 aromatic rings. The lowest BCUT2D eigenvalue weighted by atomic mass is 9.94. The van der Waals surface area contributed by atoms with Crippen LogP contribution in [0.3, 0.4) is 0 Å². The number of carbonyl (C=O) groups excluding carboxylic acids is 2. The summed E-state index contributed by atoms with van der Waals surface area (Å²) in [6.07, 6.45) is 0.696. The number of ketones is 1. The molecule has 40 heavy (non-hydrogen) atoms. The predicted octanol–water partition coefficient (Wildman–Crippen LogP) is 5.27. The van der Waals surface area contributed by atoms with Crippen LogP contribution in [0.1, 0.15) is 29.7 Å². The Kier molecular flexibility index (Phi) is 6.34. The van der Waals surface area contributed by atoms with E-state index in [1.807, 2.05) is 13.0 Å². The minimum Gasteiger partial charge on any atom is -0.507 e. The van der Waals surface area contributed by atoms with Crippen molar-refractivity contribution in [1.82, 2.24) is 4.98 Å². The second-order valence-corrected chi connectivity index (χ2v) is 10.6. The maximum absolute atomic E-state index is 13.6. The third-order valence-electron chi connectivity index (χ3n) is 7.13. The minimum atomic E-state index is -0.967. The molecule has 3 heterocycles. The molecule has 9 nitrogen and oxygen atoms in total. The number of thiazole rings is 1. The van der Waals surface area contributed by atoms with E-state index >= 15 is 0 Å². The summed E-state index contributed by atoms with van der Waals surface area (Å²) < 4.78 is 22.8. The number of aromatic nitrogens is 1. The van der Waals surface area contributed by atoms with Gasteiger partial charge in [0, 0.05) is 12.0 Å². The summed E-state index contributed by atoms with van der Waals surface area (Å²) in [7, 11) is 4.61. The monoisotopic (exact) mass is 558 g/mol. The summed E-state index contributed by atoms with van der Waals surface area (Å²) in [5, 5.41) is 11.9. The van der Waals surface area contributed by atoms with Gasteiger partial charge in [0.25, 0.3) is 5.78 Å². The van der Waals surface area contributed by atoms with E-state index in [0.29, 0.717) is 45.4 Å². The first-order valence-corrected chi connectivity index (χ1v) is 13.4. The van der Waals surface area contributed by atoms with Crippen molar-refractivity contribution < 1.29 is 33.6 Å². The van der Waals surface area contributed by atoms with Crippen LogP contribution in [-0.4, -0.2) is 49.2 Å². The van der Waals surface area contributed by atoms with Gasteiger partial charge in [-0.15, -0.1) is 0 Å². The zero-order chi connectivity index (χ0) is 28.1. The molecule has 10 heteroatoms. The minimum absolute atomic E-state index is 0.0161. The number of anilines is 1. The first kappa shape index (κ1) is 25.7. The number of benzene rings is 3. The van der Waals surface area contributed by atoms with Crippen LogP contribution < -0.4 is 23.8 Å². The number of fused-ring (bicyclic) bond motifs is 2. The number of rotatable bonds is 6. The van der Waals surface area contributed by atoms with Crippen LogP contribution in [0.5, 0.6) is 23.0 Å². The highest BCUT2D eigenvalue weighted by atomic mass is 32.1. The molecule has 2 atom stereocenters. The van der Waals surface area contributed by atoms with Gasteiger partial charge in [-0.05, 0) is 66.6 Å². The Morgan fingerprint density at radius 2 is 1.80 bits per heavy atom. The van der Waals surface area contributed by atoms with Gasteiger partial charge >= 0.3 is 5.91 Å². The molecule has 2 aliphatic rings. The highest BCUT2D eigenvalue weighted by molar-refractivity contribution is 7.22. The SMILES string of the molecule is COc1ccc2nc(N3C(=O)C(=O)/C(=C(\O)c4ccc5c(c4)CC(C)O5)C3c3ccc(OC)c(OC)c3)sc2c1. The van der Waals surface area contributed by atoms with Gasteiger partial charge in [-0.1, -0.05) is 17.4 Å². The maximum Gasteiger partial charge on any atom is 0.301 e. The average molecular weight is 559 g/mol. The zero-order valence-corrected chi connectivity index (χ0v) is 23.1. The predicted molar refractivity (Wildman–Crippen MR) is 151 cm³/mol. The fraction of sp³-hybridized carbons (Fsp3) is 0.233. The van der Waals surface area contributed by atoms with Crippen LogP contribution in [0, 0.1) is 0 Å². The molecule has 0 aliphatic carbocycles. The quantitative estimate of drug-likeness (QED) is 0.194. The molecule has 1 saturated heterocycles. The Hall–Kier alpha value is -4.57. The van der Waals surface area contributed by atoms with Crippen LogP contribution in [0.2, 0.25) is 0 Å². The van der Waals surface area contributed by atoms with Crippen molar-refractivity contribution >= 4 is 44.1 Å². The second kappa shape index (κ2) is 9.87. The van der Waals surface area contributed by atoms with Crippen molar-refractivity contribution in [3.63, 3.8) is 0 Å². The molecule has 1 fully saturated rings. The van der Waals surface area contributed by atoms with Gasteiger partial charge in [-0.3, -0.25) is 14.5 Å². The molecule has 3 aromatic carbocycles. The number of ether oxygens (including phenoxy) is 4. The number of hydrogen-bond acceptors (Lipinski definition) is 9. The first-order chi connectivity index (χ1) is 19.3. The molecule has 0 radical (unpaired) electrons. The van der Waals surface area contributed by atoms with Gasteiger partial charge in [-0.2, -0.15) is 0 Å². The number of amides is 1. The average Bonchev–Trinajstić information content (AvgIpc) is 3.63. The zero-order valence-electron chi connectivity index (χ0n) is 22.3. The molecule has 1 amide bonds. The number of nitrogens with zero attached hydrogens (tertiary/aromatic N) is 2. The van der Waals surface area contributed by atoms with E-state index < -0.39 is 17.7 Å². The summed E-state index contributed by atoms with van der Waals surface area (Å²) in [6, 6.07) is 14.8. The summed E-state index contributed by atoms with van der Waals surface area (Å²) >= 11 is 1.26. The summed E-state index contributed by atoms with van der Waals surface area (Å²) in [6.45, 7) is 1.97. The van der Waals surface area contributed by atoms with Crippen LogP contribution in [0.4, 0.5) is 5.13 Å². The van der Waals surface area contributed by atoms with E-state index in [9.17, 15) is 14.7 Å². The Bertz CT molecular complexity index is 1710. The summed E-state index contributed by atoms with van der Waals surface area (Å²) in [5.74, 6) is 0.434. The van der Waals surface area contributed by atoms with Gasteiger partial charge in [-0.25, -0.2) is 4.98 Å². The van der Waals surface area contributed by atoms with E-state index in [1.165, 1.54) is 30.5 Å². The highest BCUT2D eigenvalue weighted by Crippen LogP contribution is 2.46. The van der Waals surface area contributed by atoms with E-state index in [1.54, 1.807) is 55.6 Å². The van der Waals surface area contributed by atoms with E-state index in [0.717, 1.165) is 16.0 Å². The highest BCUT2D eigenvalue weighted by Gasteiger charge is 2.48. The van der Waals surface area contributed by atoms with Crippen LogP contribution in [0.25, 0.3) is 16.0 Å². The Morgan fingerprint density at radius 3 is 2.55 bits per heavy atom. The van der Waals surface area contributed by atoms with Crippen molar-refractivity contribution in [3.8, 4) is 23.0 Å². The van der Waals surface area contributed by atoms with E-state index in [-0.39, 0.29) is 17.4 Å². The van der Waals surface area contributed by atoms with E-state index in [4.69, 9.17) is 18.9 Å². The van der Waals surface area contributed by atoms with E-state index in [2.05, 4.69) is 4.98 Å². The number of carbonyl (C=O) groups is 2. The number of Topliss-reactive ketones (excluding diaryl/α,β-unsaturated/α-hetero) is 1. The molecule has 1 aromatic heterocycles. The fourth-order valence-electron chi connectivity index (χ4n) is 5.22. The van der Waals surface area contributed by atoms with Gasteiger partial charge in [0.2, 0.25) is 0 Å². The van der Waals surface area contributed by atoms with Crippen LogP contribution in [-0.2, 0) is 16.0 Å². The van der Waals surface area contributed by atoms with Gasteiger partial charge in [0.05, 0.1) is 43.2 Å². The van der Waals surface area contributed by atoms with Crippen molar-refractivity contribution in [2.45, 2.75) is 25.5 Å². The Balaban J connectivity index is 1.55. The summed E-state index contributed by atoms with van der Waals surface area (Å²) in [5.41, 5.74) is 2.51. The van der Waals surface area contributed by atoms with Gasteiger partial charge in [0.1, 0.15) is 23.4 Å². The number of aliphatic hydroxyl groups is 1. The molecular formula is C30H26N2O7S. The second-order valence-electron chi connectivity index (χ2n) is 9.57. The first-order valence-electron chi connectivity index (χ1n) is 12.6. The van der Waals surface area contributed by atoms with Crippen molar-refractivity contribution in [3.05, 3.63) is 76.9 Å². The van der Waals surface area contributed by atoms with Crippen LogP contribution >= 0.6 is 11.3 Å².